The number of anilines is 3. The summed E-state index contributed by atoms with van der Waals surface area (Å²) in [5, 5.41) is 6.68. The number of amides is 1. The van der Waals surface area contributed by atoms with Gasteiger partial charge in [-0.25, -0.2) is 9.97 Å². The molecule has 2 N–H and O–H groups in total. The van der Waals surface area contributed by atoms with Gasteiger partial charge in [-0.1, -0.05) is 26.8 Å². The van der Waals surface area contributed by atoms with Crippen LogP contribution in [0.25, 0.3) is 10.9 Å². The van der Waals surface area contributed by atoms with E-state index in [0.717, 1.165) is 26.1 Å². The molecule has 0 fully saturated rings. The van der Waals surface area contributed by atoms with Crippen molar-refractivity contribution in [2.45, 2.75) is 47.0 Å². The van der Waals surface area contributed by atoms with Gasteiger partial charge in [0.1, 0.15) is 12.1 Å². The van der Waals surface area contributed by atoms with E-state index in [0.29, 0.717) is 52.6 Å². The number of aromatic nitrogens is 2. The van der Waals surface area contributed by atoms with E-state index in [1.54, 1.807) is 31.4 Å². The fraction of sp³-hybridized carbons (Fsp3) is 0.429. The fourth-order valence-electron chi connectivity index (χ4n) is 3.98. The fourth-order valence-corrected chi connectivity index (χ4v) is 3.98. The molecule has 0 atom stereocenters. The lowest BCUT2D eigenvalue weighted by Crippen LogP contribution is -2.25. The van der Waals surface area contributed by atoms with Crippen LogP contribution in [0.1, 0.15) is 47.0 Å². The minimum atomic E-state index is -0.397. The van der Waals surface area contributed by atoms with E-state index in [4.69, 9.17) is 14.2 Å². The third kappa shape index (κ3) is 7.55. The van der Waals surface area contributed by atoms with Gasteiger partial charge < -0.3 is 29.7 Å². The van der Waals surface area contributed by atoms with E-state index in [1.807, 2.05) is 13.0 Å². The molecular formula is C28H37N5O5. The lowest BCUT2D eigenvalue weighted by molar-refractivity contribution is -0.134. The van der Waals surface area contributed by atoms with Crippen LogP contribution in [0.2, 0.25) is 0 Å². The monoisotopic (exact) mass is 523 g/mol. The Morgan fingerprint density at radius 2 is 1.79 bits per heavy atom. The number of hydrogen-bond acceptors (Lipinski definition) is 9. The number of fused-ring (bicyclic) bond motifs is 1. The van der Waals surface area contributed by atoms with Crippen LogP contribution < -0.4 is 24.8 Å². The first-order chi connectivity index (χ1) is 18.4. The van der Waals surface area contributed by atoms with Crippen LogP contribution in [0.15, 0.2) is 36.7 Å². The van der Waals surface area contributed by atoms with E-state index < -0.39 is 5.97 Å². The molecule has 0 unspecified atom stereocenters. The third-order valence-corrected chi connectivity index (χ3v) is 5.94. The molecule has 3 aromatic rings. The summed E-state index contributed by atoms with van der Waals surface area (Å²) in [5.41, 5.74) is 1.50. The van der Waals surface area contributed by atoms with Gasteiger partial charge in [-0.3, -0.25) is 9.59 Å². The van der Waals surface area contributed by atoms with Crippen LogP contribution in [0, 0.1) is 0 Å². The van der Waals surface area contributed by atoms with Gasteiger partial charge in [-0.15, -0.1) is 0 Å². The van der Waals surface area contributed by atoms with Crippen molar-refractivity contribution in [1.82, 2.24) is 14.9 Å². The molecule has 10 heteroatoms. The summed E-state index contributed by atoms with van der Waals surface area (Å²) in [4.78, 5) is 35.3. The zero-order valence-electron chi connectivity index (χ0n) is 22.8. The first-order valence-corrected chi connectivity index (χ1v) is 13.0. The first kappa shape index (κ1) is 28.6. The highest BCUT2D eigenvalue weighted by Crippen LogP contribution is 2.39. The number of esters is 1. The molecule has 1 amide bonds. The van der Waals surface area contributed by atoms with Gasteiger partial charge in [0.15, 0.2) is 17.2 Å². The highest BCUT2D eigenvalue weighted by Gasteiger charge is 2.18. The number of ether oxygens (including phenoxy) is 3. The number of rotatable bonds is 14. The van der Waals surface area contributed by atoms with Crippen molar-refractivity contribution < 1.29 is 23.8 Å². The molecule has 0 radical (unpaired) electrons. The number of hydrogen-bond donors (Lipinski definition) is 2. The van der Waals surface area contributed by atoms with Crippen LogP contribution in [0.3, 0.4) is 0 Å². The third-order valence-electron chi connectivity index (χ3n) is 5.94. The zero-order valence-corrected chi connectivity index (χ0v) is 22.8. The SMILES string of the molecule is CCCC(=O)Oc1c(NC(C)=O)cccc1Nc1ncnc2cc(OC)c(OCCCN(CC)CC)cc12. The Labute approximate surface area is 223 Å². The minimum absolute atomic E-state index is 0.217. The van der Waals surface area contributed by atoms with Crippen molar-refractivity contribution in [3.63, 3.8) is 0 Å². The van der Waals surface area contributed by atoms with Gasteiger partial charge in [-0.05, 0) is 44.1 Å². The predicted molar refractivity (Wildman–Crippen MR) is 149 cm³/mol. The lowest BCUT2D eigenvalue weighted by atomic mass is 10.2. The average molecular weight is 524 g/mol. The Balaban J connectivity index is 1.94. The molecule has 38 heavy (non-hydrogen) atoms. The summed E-state index contributed by atoms with van der Waals surface area (Å²) in [6.45, 7) is 11.1. The highest BCUT2D eigenvalue weighted by atomic mass is 16.5. The summed E-state index contributed by atoms with van der Waals surface area (Å²) in [7, 11) is 1.59. The second kappa shape index (κ2) is 14.1. The largest absolute Gasteiger partial charge is 0.493 e. The van der Waals surface area contributed by atoms with Crippen LogP contribution in [0.4, 0.5) is 17.2 Å². The molecule has 0 saturated heterocycles. The zero-order chi connectivity index (χ0) is 27.5. The Bertz CT molecular complexity index is 1250. The van der Waals surface area contributed by atoms with Crippen molar-refractivity contribution in [1.29, 1.82) is 0 Å². The van der Waals surface area contributed by atoms with E-state index >= 15 is 0 Å². The maximum Gasteiger partial charge on any atom is 0.311 e. The Hall–Kier alpha value is -3.92. The summed E-state index contributed by atoms with van der Waals surface area (Å²) < 4.78 is 17.3. The number of benzene rings is 2. The van der Waals surface area contributed by atoms with E-state index in [2.05, 4.69) is 39.3 Å². The topological polar surface area (TPSA) is 115 Å². The maximum atomic E-state index is 12.4. The molecule has 0 saturated carbocycles. The van der Waals surface area contributed by atoms with Gasteiger partial charge in [0.2, 0.25) is 5.91 Å². The molecule has 10 nitrogen and oxygen atoms in total. The molecule has 0 aliphatic carbocycles. The Kier molecular flexibility index (Phi) is 10.7. The number of methoxy groups -OCH3 is 1. The van der Waals surface area contributed by atoms with Crippen molar-refractivity contribution in [3.05, 3.63) is 36.7 Å². The molecule has 1 heterocycles. The second-order valence-corrected chi connectivity index (χ2v) is 8.68. The van der Waals surface area contributed by atoms with Gasteiger partial charge in [-0.2, -0.15) is 0 Å². The van der Waals surface area contributed by atoms with Gasteiger partial charge in [0.05, 0.1) is 30.6 Å². The van der Waals surface area contributed by atoms with E-state index in [-0.39, 0.29) is 18.1 Å². The van der Waals surface area contributed by atoms with Gasteiger partial charge >= 0.3 is 5.97 Å². The maximum absolute atomic E-state index is 12.4. The molecule has 0 bridgehead atoms. The van der Waals surface area contributed by atoms with Gasteiger partial charge in [0.25, 0.3) is 0 Å². The minimum Gasteiger partial charge on any atom is -0.493 e. The van der Waals surface area contributed by atoms with Crippen LogP contribution in [-0.2, 0) is 9.59 Å². The quantitative estimate of drug-likeness (QED) is 0.168. The Morgan fingerprint density at radius 1 is 1.03 bits per heavy atom. The van der Waals surface area contributed by atoms with Crippen LogP contribution in [-0.4, -0.2) is 60.1 Å². The summed E-state index contributed by atoms with van der Waals surface area (Å²) in [5.74, 6) is 1.18. The lowest BCUT2D eigenvalue weighted by Gasteiger charge is -2.19. The van der Waals surface area contributed by atoms with E-state index in [9.17, 15) is 9.59 Å². The van der Waals surface area contributed by atoms with Crippen molar-refractivity contribution in [2.24, 2.45) is 0 Å². The van der Waals surface area contributed by atoms with Crippen LogP contribution >= 0.6 is 0 Å². The molecule has 0 aliphatic heterocycles. The normalized spacial score (nSPS) is 10.9. The standard InChI is InChI=1S/C28H37N5O5/c1-6-11-26(35)38-27-21(31-19(4)34)12-9-13-22(27)32-28-20-16-25(37-15-10-14-33(7-2)8-3)24(36-5)17-23(20)29-18-30-28/h9,12-13,16-18H,6-8,10-11,14-15H2,1-5H3,(H,31,34)(H,29,30,32). The van der Waals surface area contributed by atoms with Crippen molar-refractivity contribution in [2.75, 3.05) is 44.0 Å². The predicted octanol–water partition coefficient (Wildman–Crippen LogP) is 5.16. The summed E-state index contributed by atoms with van der Waals surface area (Å²) >= 11 is 0. The summed E-state index contributed by atoms with van der Waals surface area (Å²) in [6.07, 6.45) is 3.20. The van der Waals surface area contributed by atoms with Gasteiger partial charge in [0, 0.05) is 31.3 Å². The Morgan fingerprint density at radius 3 is 2.47 bits per heavy atom. The number of nitrogens with one attached hydrogen (secondary N) is 2. The number of nitrogens with zero attached hydrogens (tertiary/aromatic N) is 3. The number of para-hydroxylation sites is 1. The van der Waals surface area contributed by atoms with Crippen molar-refractivity contribution >= 4 is 40.0 Å². The molecule has 3 rings (SSSR count). The average Bonchev–Trinajstić information content (AvgIpc) is 2.90. The second-order valence-electron chi connectivity index (χ2n) is 8.68. The molecule has 204 valence electrons. The summed E-state index contributed by atoms with van der Waals surface area (Å²) in [6, 6.07) is 8.82. The molecule has 0 spiro atoms. The van der Waals surface area contributed by atoms with Crippen LogP contribution in [0.5, 0.6) is 17.2 Å². The van der Waals surface area contributed by atoms with Crippen molar-refractivity contribution in [3.8, 4) is 17.2 Å². The number of carbonyl (C=O) groups is 2. The molecule has 0 aliphatic rings. The number of carbonyl (C=O) groups excluding carboxylic acids is 2. The van der Waals surface area contributed by atoms with E-state index in [1.165, 1.54) is 13.3 Å². The smallest absolute Gasteiger partial charge is 0.311 e. The molecular weight excluding hydrogens is 486 g/mol. The first-order valence-electron chi connectivity index (χ1n) is 13.0. The molecule has 2 aromatic carbocycles. The molecule has 1 aromatic heterocycles. The highest BCUT2D eigenvalue weighted by molar-refractivity contribution is 5.96.